The van der Waals surface area contributed by atoms with Gasteiger partial charge in [0.15, 0.2) is 0 Å². The molecule has 5 heteroatoms. The maximum atomic E-state index is 11.7. The van der Waals surface area contributed by atoms with Crippen LogP contribution in [-0.2, 0) is 14.3 Å². The van der Waals surface area contributed by atoms with Crippen LogP contribution in [-0.4, -0.2) is 48.6 Å². The molecule has 2 rings (SSSR count). The molecule has 21 heavy (non-hydrogen) atoms. The summed E-state index contributed by atoms with van der Waals surface area (Å²) in [7, 11) is 0. The molecule has 0 radical (unpaired) electrons. The van der Waals surface area contributed by atoms with Gasteiger partial charge < -0.3 is 15.0 Å². The number of amides is 1. The lowest BCUT2D eigenvalue weighted by Gasteiger charge is -2.38. The van der Waals surface area contributed by atoms with Crippen LogP contribution in [0.4, 0.5) is 0 Å². The standard InChI is InChI=1S/C16H28N2O3/c1-3-21-16(20)9-13-8-15(11-18(10-13)12(2)19)17-14-6-4-5-7-14/h13-15,17H,3-11H2,1-2H3. The zero-order valence-corrected chi connectivity index (χ0v) is 13.3. The van der Waals surface area contributed by atoms with E-state index < -0.39 is 0 Å². The summed E-state index contributed by atoms with van der Waals surface area (Å²) in [6.07, 6.45) is 6.44. The maximum Gasteiger partial charge on any atom is 0.306 e. The molecule has 2 unspecified atom stereocenters. The third kappa shape index (κ3) is 4.99. The summed E-state index contributed by atoms with van der Waals surface area (Å²) >= 11 is 0. The van der Waals surface area contributed by atoms with Crippen molar-refractivity contribution < 1.29 is 14.3 Å². The number of rotatable bonds is 5. The highest BCUT2D eigenvalue weighted by Crippen LogP contribution is 2.24. The van der Waals surface area contributed by atoms with Crippen molar-refractivity contribution in [1.82, 2.24) is 10.2 Å². The number of nitrogens with one attached hydrogen (secondary N) is 1. The molecule has 1 amide bonds. The molecule has 1 heterocycles. The predicted molar refractivity (Wildman–Crippen MR) is 80.8 cm³/mol. The van der Waals surface area contributed by atoms with Crippen LogP contribution < -0.4 is 5.32 Å². The molecule has 1 aliphatic carbocycles. The second-order valence-corrected chi connectivity index (χ2v) is 6.38. The highest BCUT2D eigenvalue weighted by atomic mass is 16.5. The highest BCUT2D eigenvalue weighted by Gasteiger charge is 2.31. The molecule has 0 spiro atoms. The fourth-order valence-corrected chi connectivity index (χ4v) is 3.61. The first-order valence-electron chi connectivity index (χ1n) is 8.25. The zero-order valence-electron chi connectivity index (χ0n) is 13.3. The smallest absolute Gasteiger partial charge is 0.306 e. The summed E-state index contributed by atoms with van der Waals surface area (Å²) in [6, 6.07) is 0.898. The predicted octanol–water partition coefficient (Wildman–Crippen LogP) is 1.71. The van der Waals surface area contributed by atoms with Crippen molar-refractivity contribution in [2.75, 3.05) is 19.7 Å². The molecule has 0 aromatic rings. The molecule has 2 fully saturated rings. The second-order valence-electron chi connectivity index (χ2n) is 6.38. The molecule has 0 bridgehead atoms. The number of ether oxygens (including phenoxy) is 1. The number of piperidine rings is 1. The Morgan fingerprint density at radius 2 is 1.90 bits per heavy atom. The Labute approximate surface area is 127 Å². The number of carbonyl (C=O) groups excluding carboxylic acids is 2. The van der Waals surface area contributed by atoms with E-state index in [2.05, 4.69) is 5.32 Å². The van der Waals surface area contributed by atoms with E-state index in [0.29, 0.717) is 31.7 Å². The lowest BCUT2D eigenvalue weighted by atomic mass is 9.91. The Balaban J connectivity index is 1.90. The van der Waals surface area contributed by atoms with E-state index >= 15 is 0 Å². The van der Waals surface area contributed by atoms with Gasteiger partial charge in [0.05, 0.1) is 13.0 Å². The van der Waals surface area contributed by atoms with Crippen LogP contribution in [0.2, 0.25) is 0 Å². The number of hydrogen-bond donors (Lipinski definition) is 1. The van der Waals surface area contributed by atoms with Crippen molar-refractivity contribution in [3.63, 3.8) is 0 Å². The first-order valence-corrected chi connectivity index (χ1v) is 8.25. The molecule has 0 aromatic heterocycles. The van der Waals surface area contributed by atoms with Gasteiger partial charge in [0.2, 0.25) is 5.91 Å². The molecule has 1 aliphatic heterocycles. The molecule has 2 atom stereocenters. The zero-order chi connectivity index (χ0) is 15.2. The van der Waals surface area contributed by atoms with Crippen molar-refractivity contribution in [1.29, 1.82) is 0 Å². The number of esters is 1. The quantitative estimate of drug-likeness (QED) is 0.785. The Morgan fingerprint density at radius 1 is 1.19 bits per heavy atom. The van der Waals surface area contributed by atoms with Gasteiger partial charge in [-0.05, 0) is 32.1 Å². The summed E-state index contributed by atoms with van der Waals surface area (Å²) in [5, 5.41) is 3.69. The number of nitrogens with zero attached hydrogens (tertiary/aromatic N) is 1. The van der Waals surface area contributed by atoms with Gasteiger partial charge in [-0.25, -0.2) is 0 Å². The minimum absolute atomic E-state index is 0.0989. The normalized spacial score (nSPS) is 26.9. The highest BCUT2D eigenvalue weighted by molar-refractivity contribution is 5.74. The minimum atomic E-state index is -0.146. The number of likely N-dealkylation sites (tertiary alicyclic amines) is 1. The Hall–Kier alpha value is -1.10. The van der Waals surface area contributed by atoms with Crippen LogP contribution in [0.1, 0.15) is 52.4 Å². The van der Waals surface area contributed by atoms with Gasteiger partial charge in [0.1, 0.15) is 0 Å². The largest absolute Gasteiger partial charge is 0.466 e. The average molecular weight is 296 g/mol. The van der Waals surface area contributed by atoms with Crippen LogP contribution in [0.15, 0.2) is 0 Å². The number of carbonyl (C=O) groups is 2. The van der Waals surface area contributed by atoms with E-state index in [9.17, 15) is 9.59 Å². The molecule has 1 saturated heterocycles. The van der Waals surface area contributed by atoms with Crippen molar-refractivity contribution in [2.45, 2.75) is 64.5 Å². The van der Waals surface area contributed by atoms with E-state index in [1.54, 1.807) is 6.92 Å². The van der Waals surface area contributed by atoms with E-state index in [0.717, 1.165) is 13.0 Å². The van der Waals surface area contributed by atoms with Gasteiger partial charge in [-0.3, -0.25) is 9.59 Å². The molecular formula is C16H28N2O3. The maximum absolute atomic E-state index is 11.7. The molecule has 120 valence electrons. The van der Waals surface area contributed by atoms with E-state index in [1.165, 1.54) is 25.7 Å². The Kier molecular flexibility index (Phi) is 6.03. The molecule has 1 N–H and O–H groups in total. The van der Waals surface area contributed by atoms with Crippen LogP contribution >= 0.6 is 0 Å². The van der Waals surface area contributed by atoms with Gasteiger partial charge in [-0.1, -0.05) is 12.8 Å². The molecule has 0 aromatic carbocycles. The monoisotopic (exact) mass is 296 g/mol. The van der Waals surface area contributed by atoms with E-state index in [-0.39, 0.29) is 17.8 Å². The Morgan fingerprint density at radius 3 is 2.52 bits per heavy atom. The first kappa shape index (κ1) is 16.3. The van der Waals surface area contributed by atoms with E-state index in [1.807, 2.05) is 11.8 Å². The first-order chi connectivity index (χ1) is 10.1. The SMILES string of the molecule is CCOC(=O)CC1CC(NC2CCCC2)CN(C(C)=O)C1. The fraction of sp³-hybridized carbons (Fsp3) is 0.875. The van der Waals surface area contributed by atoms with Crippen LogP contribution in [0, 0.1) is 5.92 Å². The van der Waals surface area contributed by atoms with Gasteiger partial charge in [0, 0.05) is 32.1 Å². The lowest BCUT2D eigenvalue weighted by Crippen LogP contribution is -2.53. The number of hydrogen-bond acceptors (Lipinski definition) is 4. The van der Waals surface area contributed by atoms with Crippen LogP contribution in [0.5, 0.6) is 0 Å². The minimum Gasteiger partial charge on any atom is -0.466 e. The summed E-state index contributed by atoms with van der Waals surface area (Å²) in [5.74, 6) is 0.162. The van der Waals surface area contributed by atoms with Gasteiger partial charge in [-0.15, -0.1) is 0 Å². The van der Waals surface area contributed by atoms with Crippen molar-refractivity contribution in [2.24, 2.45) is 5.92 Å². The van der Waals surface area contributed by atoms with Gasteiger partial charge >= 0.3 is 5.97 Å². The van der Waals surface area contributed by atoms with Gasteiger partial charge in [0.25, 0.3) is 0 Å². The lowest BCUT2D eigenvalue weighted by molar-refractivity contribution is -0.145. The molecule has 1 saturated carbocycles. The molecular weight excluding hydrogens is 268 g/mol. The van der Waals surface area contributed by atoms with Crippen LogP contribution in [0.3, 0.4) is 0 Å². The third-order valence-electron chi connectivity index (χ3n) is 4.57. The van der Waals surface area contributed by atoms with Crippen molar-refractivity contribution >= 4 is 11.9 Å². The fourth-order valence-electron chi connectivity index (χ4n) is 3.61. The third-order valence-corrected chi connectivity index (χ3v) is 4.57. The summed E-state index contributed by atoms with van der Waals surface area (Å²) < 4.78 is 5.05. The summed E-state index contributed by atoms with van der Waals surface area (Å²) in [5.41, 5.74) is 0. The van der Waals surface area contributed by atoms with Crippen molar-refractivity contribution in [3.8, 4) is 0 Å². The molecule has 2 aliphatic rings. The summed E-state index contributed by atoms with van der Waals surface area (Å²) in [6.45, 7) is 5.30. The van der Waals surface area contributed by atoms with E-state index in [4.69, 9.17) is 4.74 Å². The second kappa shape index (κ2) is 7.78. The van der Waals surface area contributed by atoms with Crippen LogP contribution in [0.25, 0.3) is 0 Å². The topological polar surface area (TPSA) is 58.6 Å². The summed E-state index contributed by atoms with van der Waals surface area (Å²) in [4.78, 5) is 25.3. The molecule has 5 nitrogen and oxygen atoms in total. The average Bonchev–Trinajstić information content (AvgIpc) is 2.91. The van der Waals surface area contributed by atoms with Gasteiger partial charge in [-0.2, -0.15) is 0 Å². The van der Waals surface area contributed by atoms with Crippen molar-refractivity contribution in [3.05, 3.63) is 0 Å². The Bertz CT molecular complexity index is 367.